The second-order valence-electron chi connectivity index (χ2n) is 7.40. The summed E-state index contributed by atoms with van der Waals surface area (Å²) in [5.41, 5.74) is 3.60. The number of anilines is 1. The van der Waals surface area contributed by atoms with Gasteiger partial charge in [0, 0.05) is 24.2 Å². The van der Waals surface area contributed by atoms with Crippen molar-refractivity contribution in [1.29, 1.82) is 5.26 Å². The SMILES string of the molecule is CCOC(=O)C(CCC(C)Nc1cc(C)cc(OCCc2ccc(C#N)cc2)c1)=S(=O)=O. The van der Waals surface area contributed by atoms with Crippen molar-refractivity contribution in [3.8, 4) is 11.8 Å². The Kier molecular flexibility index (Phi) is 9.76. The number of rotatable bonds is 11. The molecule has 0 fully saturated rings. The van der Waals surface area contributed by atoms with Crippen LogP contribution in [0.2, 0.25) is 0 Å². The number of aryl methyl sites for hydroxylation is 1. The number of carbonyl (C=O) groups excluding carboxylic acids is 1. The monoisotopic (exact) mass is 456 g/mol. The average Bonchev–Trinajstić information content (AvgIpc) is 2.74. The highest BCUT2D eigenvalue weighted by molar-refractivity contribution is 7.74. The quantitative estimate of drug-likeness (QED) is 0.406. The molecule has 0 radical (unpaired) electrons. The highest BCUT2D eigenvalue weighted by Crippen LogP contribution is 2.22. The first kappa shape index (κ1) is 25.0. The fraction of sp³-hybridized carbons (Fsp3) is 0.375. The third kappa shape index (κ3) is 8.08. The van der Waals surface area contributed by atoms with E-state index in [-0.39, 0.29) is 23.9 Å². The Hall–Kier alpha value is -3.31. The first-order valence-electron chi connectivity index (χ1n) is 10.4. The minimum absolute atomic E-state index is 0.0729. The molecule has 0 aliphatic rings. The van der Waals surface area contributed by atoms with Crippen LogP contribution in [0.1, 0.15) is 43.4 Å². The summed E-state index contributed by atoms with van der Waals surface area (Å²) in [5, 5.41) is 12.2. The van der Waals surface area contributed by atoms with Gasteiger partial charge < -0.3 is 14.8 Å². The highest BCUT2D eigenvalue weighted by Gasteiger charge is 2.16. The number of esters is 1. The molecule has 0 amide bonds. The molecule has 1 unspecified atom stereocenters. The van der Waals surface area contributed by atoms with Gasteiger partial charge in [-0.1, -0.05) is 12.1 Å². The summed E-state index contributed by atoms with van der Waals surface area (Å²) in [4.78, 5) is 11.5. The van der Waals surface area contributed by atoms with Crippen molar-refractivity contribution >= 4 is 26.8 Å². The minimum Gasteiger partial charge on any atom is -0.493 e. The fourth-order valence-corrected chi connectivity index (χ4v) is 3.60. The predicted octanol–water partition coefficient (Wildman–Crippen LogP) is 3.68. The molecular formula is C24H28N2O5S. The molecule has 8 heteroatoms. The predicted molar refractivity (Wildman–Crippen MR) is 124 cm³/mol. The van der Waals surface area contributed by atoms with Gasteiger partial charge in [-0.15, -0.1) is 0 Å². The number of hydrogen-bond acceptors (Lipinski definition) is 7. The van der Waals surface area contributed by atoms with Gasteiger partial charge in [0.1, 0.15) is 5.75 Å². The second-order valence-corrected chi connectivity index (χ2v) is 8.37. The normalized spacial score (nSPS) is 11.2. The standard InChI is InChI=1S/C24H28N2O5S/c1-4-30-24(27)23(32(28)29)10-5-18(3)26-21-13-17(2)14-22(15-21)31-12-11-19-6-8-20(16-25)9-7-19/h6-9,13-15,18,26H,4-5,10-12H2,1-3H3. The molecule has 0 aliphatic heterocycles. The number of nitrogens with zero attached hydrogens (tertiary/aromatic N) is 1. The van der Waals surface area contributed by atoms with Crippen LogP contribution in [0.4, 0.5) is 5.69 Å². The van der Waals surface area contributed by atoms with Crippen molar-refractivity contribution in [2.75, 3.05) is 18.5 Å². The molecule has 32 heavy (non-hydrogen) atoms. The van der Waals surface area contributed by atoms with E-state index in [0.29, 0.717) is 18.6 Å². The van der Waals surface area contributed by atoms with Crippen molar-refractivity contribution < 1.29 is 22.7 Å². The lowest BCUT2D eigenvalue weighted by molar-refractivity contribution is -0.134. The Balaban J connectivity index is 1.92. The highest BCUT2D eigenvalue weighted by atomic mass is 32.2. The molecule has 0 saturated carbocycles. The van der Waals surface area contributed by atoms with Gasteiger partial charge in [0.25, 0.3) is 0 Å². The first-order valence-corrected chi connectivity index (χ1v) is 11.5. The van der Waals surface area contributed by atoms with E-state index in [1.165, 1.54) is 0 Å². The summed E-state index contributed by atoms with van der Waals surface area (Å²) >= 11 is 0. The van der Waals surface area contributed by atoms with E-state index in [9.17, 15) is 13.2 Å². The Morgan fingerprint density at radius 1 is 1.19 bits per heavy atom. The minimum atomic E-state index is -2.60. The summed E-state index contributed by atoms with van der Waals surface area (Å²) in [6.45, 7) is 6.15. The Morgan fingerprint density at radius 2 is 1.91 bits per heavy atom. The molecular weight excluding hydrogens is 428 g/mol. The van der Waals surface area contributed by atoms with Gasteiger partial charge in [0.2, 0.25) is 10.3 Å². The fourth-order valence-electron chi connectivity index (χ4n) is 3.12. The van der Waals surface area contributed by atoms with E-state index in [2.05, 4.69) is 11.4 Å². The van der Waals surface area contributed by atoms with Gasteiger partial charge >= 0.3 is 5.97 Å². The number of ether oxygens (including phenoxy) is 2. The molecule has 2 aromatic carbocycles. The van der Waals surface area contributed by atoms with Crippen LogP contribution in [-0.2, 0) is 26.2 Å². The van der Waals surface area contributed by atoms with E-state index >= 15 is 0 Å². The van der Waals surface area contributed by atoms with Gasteiger partial charge in [0.05, 0.1) is 24.8 Å². The zero-order valence-corrected chi connectivity index (χ0v) is 19.4. The van der Waals surface area contributed by atoms with Crippen LogP contribution in [0.25, 0.3) is 0 Å². The maximum atomic E-state index is 11.8. The zero-order valence-electron chi connectivity index (χ0n) is 18.6. The van der Waals surface area contributed by atoms with Crippen molar-refractivity contribution in [2.24, 2.45) is 0 Å². The van der Waals surface area contributed by atoms with E-state index in [4.69, 9.17) is 14.7 Å². The third-order valence-corrected chi connectivity index (χ3v) is 5.49. The van der Waals surface area contributed by atoms with E-state index in [0.717, 1.165) is 29.0 Å². The Labute approximate surface area is 190 Å². The van der Waals surface area contributed by atoms with Crippen molar-refractivity contribution in [3.63, 3.8) is 0 Å². The molecule has 0 heterocycles. The van der Waals surface area contributed by atoms with Crippen LogP contribution in [0.3, 0.4) is 0 Å². The van der Waals surface area contributed by atoms with Crippen LogP contribution >= 0.6 is 0 Å². The summed E-state index contributed by atoms with van der Waals surface area (Å²) in [7, 11) is -2.60. The van der Waals surface area contributed by atoms with E-state index in [1.807, 2.05) is 44.2 Å². The maximum absolute atomic E-state index is 11.8. The summed E-state index contributed by atoms with van der Waals surface area (Å²) in [6, 6.07) is 15.3. The van der Waals surface area contributed by atoms with Crippen molar-refractivity contribution in [2.45, 2.75) is 46.1 Å². The summed E-state index contributed by atoms with van der Waals surface area (Å²) < 4.78 is 33.4. The lowest BCUT2D eigenvalue weighted by atomic mass is 10.1. The molecule has 7 nitrogen and oxygen atoms in total. The molecule has 2 aromatic rings. The maximum Gasteiger partial charge on any atom is 0.349 e. The van der Waals surface area contributed by atoms with Crippen LogP contribution in [0.15, 0.2) is 42.5 Å². The Morgan fingerprint density at radius 3 is 2.53 bits per heavy atom. The first-order chi connectivity index (χ1) is 15.3. The van der Waals surface area contributed by atoms with E-state index < -0.39 is 16.3 Å². The molecule has 170 valence electrons. The second kappa shape index (κ2) is 12.5. The largest absolute Gasteiger partial charge is 0.493 e. The molecule has 0 bridgehead atoms. The van der Waals surface area contributed by atoms with Crippen LogP contribution in [0.5, 0.6) is 5.75 Å². The summed E-state index contributed by atoms with van der Waals surface area (Å²) in [6.07, 6.45) is 1.27. The van der Waals surface area contributed by atoms with Crippen molar-refractivity contribution in [3.05, 3.63) is 59.2 Å². The molecule has 0 saturated heterocycles. The number of nitrogens with one attached hydrogen (secondary N) is 1. The van der Waals surface area contributed by atoms with Gasteiger partial charge in [-0.05, 0) is 69.0 Å². The van der Waals surface area contributed by atoms with Crippen molar-refractivity contribution in [1.82, 2.24) is 0 Å². The number of carbonyl (C=O) groups is 1. The number of hydrogen-bond donors (Lipinski definition) is 1. The molecule has 0 spiro atoms. The van der Waals surface area contributed by atoms with E-state index in [1.54, 1.807) is 19.1 Å². The Bertz CT molecular complexity index is 1090. The van der Waals surface area contributed by atoms with Crippen LogP contribution in [-0.4, -0.2) is 38.5 Å². The molecule has 0 aromatic heterocycles. The zero-order chi connectivity index (χ0) is 23.5. The van der Waals surface area contributed by atoms with Gasteiger partial charge in [-0.3, -0.25) is 0 Å². The topological polar surface area (TPSA) is 105 Å². The smallest absolute Gasteiger partial charge is 0.349 e. The van der Waals surface area contributed by atoms with Gasteiger partial charge in [-0.2, -0.15) is 13.7 Å². The molecule has 1 N–H and O–H groups in total. The molecule has 0 aliphatic carbocycles. The van der Waals surface area contributed by atoms with Crippen LogP contribution < -0.4 is 10.1 Å². The lowest BCUT2D eigenvalue weighted by Crippen LogP contribution is -2.22. The molecule has 1 atom stereocenters. The van der Waals surface area contributed by atoms with Gasteiger partial charge in [-0.25, -0.2) is 4.79 Å². The molecule has 2 rings (SSSR count). The number of nitriles is 1. The average molecular weight is 457 g/mol. The third-order valence-electron chi connectivity index (χ3n) is 4.72. The lowest BCUT2D eigenvalue weighted by Gasteiger charge is -2.17. The summed E-state index contributed by atoms with van der Waals surface area (Å²) in [5.74, 6) is -0.0608. The number of benzene rings is 2. The van der Waals surface area contributed by atoms with Crippen LogP contribution in [0, 0.1) is 18.3 Å². The van der Waals surface area contributed by atoms with Gasteiger partial charge in [0.15, 0.2) is 4.86 Å².